The third kappa shape index (κ3) is 90.2. The number of hydrogen-bond donors (Lipinski definition) is 0. The largest absolute Gasteiger partial charge is 3.00 e. The summed E-state index contributed by atoms with van der Waals surface area (Å²) in [7, 11) is -4.42. The first-order chi connectivity index (χ1) is 15.9. The molecular weight excluding hydrogens is 664 g/mol. The number of rotatable bonds is 4. The van der Waals surface area contributed by atoms with Crippen molar-refractivity contribution in [3.05, 3.63) is 9.30 Å². The van der Waals surface area contributed by atoms with Gasteiger partial charge < -0.3 is 29.0 Å². The Morgan fingerprint density at radius 3 is 0.632 bits per heavy atom. The minimum Gasteiger partial charge on any atom is -0.852 e. The van der Waals surface area contributed by atoms with Crippen LogP contribution in [0.1, 0.15) is 53.4 Å². The maximum Gasteiger partial charge on any atom is 3.00 e. The van der Waals surface area contributed by atoms with Crippen LogP contribution in [-0.4, -0.2) is 71.6 Å². The van der Waals surface area contributed by atoms with E-state index in [2.05, 4.69) is 78.6 Å². The van der Waals surface area contributed by atoms with E-state index in [0.29, 0.717) is 0 Å². The van der Waals surface area contributed by atoms with Crippen LogP contribution in [0.4, 0.5) is 0 Å². The third-order valence-corrected chi connectivity index (χ3v) is 13.7. The summed E-state index contributed by atoms with van der Waals surface area (Å²) in [5.41, 5.74) is 0. The molecule has 0 unspecified atom stereocenters. The van der Waals surface area contributed by atoms with Gasteiger partial charge >= 0.3 is 60.6 Å². The maximum atomic E-state index is 9.53. The second-order valence-corrected chi connectivity index (χ2v) is 32.8. The molecule has 2 saturated heterocycles. The summed E-state index contributed by atoms with van der Waals surface area (Å²) in [5.74, 6) is 0. The third-order valence-electron chi connectivity index (χ3n) is 3.00. The number of hydrogen-bond acceptors (Lipinski definition) is 4. The van der Waals surface area contributed by atoms with Crippen LogP contribution in [0.2, 0.25) is 78.6 Å². The Labute approximate surface area is 290 Å². The molecule has 2 heterocycles. The topological polar surface area (TPSA) is 92.8 Å². The molecule has 2 aliphatic heterocycles. The van der Waals surface area contributed by atoms with Gasteiger partial charge in [0.1, 0.15) is 0 Å². The van der Waals surface area contributed by atoms with Crippen LogP contribution in [0, 0.1) is 41.7 Å². The molecule has 0 aromatic heterocycles. The second kappa shape index (κ2) is 29.7. The predicted octanol–water partition coefficient (Wildman–Crippen LogP) is 4.17. The molecule has 1 radical (unpaired) electrons. The molecule has 0 spiro atoms. The number of ether oxygens (including phenoxy) is 2. The Hall–Kier alpha value is 2.60. The standard InChI is InChI=1S/2C6H18NSi2.2C4H8O.2C3H7O.Ce.Li/c2*1-8(2,3)7-9(4,5)6;2*1-2-4-5-3-1;2*1-3(2)4;;/h2*1-6H3;2*1-4H2;2*3H,1-2H3;;/q2*-1;;;2*-1;+3;+1. The normalized spacial score (nSPS) is 14.8. The Bertz CT molecular complexity index is 375. The molecule has 2 rings (SSSR count). The Balaban J connectivity index is -0.0000000825. The fourth-order valence-corrected chi connectivity index (χ4v) is 19.1. The predicted molar refractivity (Wildman–Crippen MR) is 170 cm³/mol. The van der Waals surface area contributed by atoms with Crippen LogP contribution in [0.15, 0.2) is 0 Å². The Kier molecular flexibility index (Phi) is 41.5. The molecule has 2 fully saturated rings. The van der Waals surface area contributed by atoms with E-state index < -0.39 is 45.1 Å². The van der Waals surface area contributed by atoms with E-state index in [0.717, 1.165) is 26.4 Å². The van der Waals surface area contributed by atoms with Gasteiger partial charge in [-0.05, 0) is 25.7 Å². The molecule has 12 heteroatoms. The number of nitrogens with zero attached hydrogens (tertiary/aromatic N) is 2. The molecule has 0 atom stereocenters. The van der Waals surface area contributed by atoms with Crippen LogP contribution in [0.3, 0.4) is 0 Å². The van der Waals surface area contributed by atoms with E-state index in [4.69, 9.17) is 18.8 Å². The second-order valence-electron chi connectivity index (χ2n) is 13.6. The molecule has 6 nitrogen and oxygen atoms in total. The van der Waals surface area contributed by atoms with Gasteiger partial charge in [-0.2, -0.15) is 0 Å². The van der Waals surface area contributed by atoms with Crippen molar-refractivity contribution in [2.45, 2.75) is 144 Å². The van der Waals surface area contributed by atoms with Gasteiger partial charge in [0, 0.05) is 26.4 Å². The van der Waals surface area contributed by atoms with Gasteiger partial charge in [0.15, 0.2) is 0 Å². The summed E-state index contributed by atoms with van der Waals surface area (Å²) in [5, 5.41) is 19.1. The average molecular weight is 730 g/mol. The van der Waals surface area contributed by atoms with Gasteiger partial charge in [0.05, 0.1) is 0 Å². The Morgan fingerprint density at radius 2 is 0.605 bits per heavy atom. The average Bonchev–Trinajstić information content (AvgIpc) is 3.27. The smallest absolute Gasteiger partial charge is 0.852 e. The van der Waals surface area contributed by atoms with Crippen LogP contribution in [0.25, 0.3) is 9.30 Å². The van der Waals surface area contributed by atoms with Gasteiger partial charge in [-0.25, -0.2) is 0 Å². The quantitative estimate of drug-likeness (QED) is 0.407. The van der Waals surface area contributed by atoms with Crippen molar-refractivity contribution in [1.82, 2.24) is 0 Å². The Morgan fingerprint density at radius 1 is 0.474 bits per heavy atom. The van der Waals surface area contributed by atoms with Crippen molar-refractivity contribution in [3.63, 3.8) is 0 Å². The molecule has 225 valence electrons. The molecule has 0 aromatic carbocycles. The van der Waals surface area contributed by atoms with Crippen molar-refractivity contribution < 1.29 is 80.3 Å². The fraction of sp³-hybridized carbons (Fsp3) is 1.00. The van der Waals surface area contributed by atoms with Gasteiger partial charge in [-0.3, -0.25) is 0 Å². The first kappa shape index (κ1) is 53.2. The summed E-state index contributed by atoms with van der Waals surface area (Å²) >= 11 is 0. The van der Waals surface area contributed by atoms with Crippen molar-refractivity contribution in [2.75, 3.05) is 26.4 Å². The summed E-state index contributed by atoms with van der Waals surface area (Å²) < 4.78 is 19.5. The van der Waals surface area contributed by atoms with E-state index in [1.54, 1.807) is 27.7 Å². The molecule has 0 saturated carbocycles. The van der Waals surface area contributed by atoms with Crippen molar-refractivity contribution >= 4 is 32.9 Å². The van der Waals surface area contributed by atoms with Crippen LogP contribution >= 0.6 is 0 Å². The van der Waals surface area contributed by atoms with Gasteiger partial charge in [-0.1, -0.05) is 139 Å². The minimum atomic E-state index is -1.11. The van der Waals surface area contributed by atoms with Crippen molar-refractivity contribution in [2.24, 2.45) is 0 Å². The van der Waals surface area contributed by atoms with E-state index in [1.165, 1.54) is 25.7 Å². The van der Waals surface area contributed by atoms with Gasteiger partial charge in [0.2, 0.25) is 0 Å². The zero-order valence-electron chi connectivity index (χ0n) is 28.8. The zero-order valence-corrected chi connectivity index (χ0v) is 36.0. The van der Waals surface area contributed by atoms with E-state index >= 15 is 0 Å². The van der Waals surface area contributed by atoms with Gasteiger partial charge in [0.25, 0.3) is 0 Å². The van der Waals surface area contributed by atoms with Crippen LogP contribution in [0.5, 0.6) is 0 Å². The molecule has 38 heavy (non-hydrogen) atoms. The van der Waals surface area contributed by atoms with Gasteiger partial charge in [-0.15, -0.1) is 12.2 Å². The molecule has 0 amide bonds. The van der Waals surface area contributed by atoms with Crippen molar-refractivity contribution in [3.8, 4) is 0 Å². The fourth-order valence-electron chi connectivity index (χ4n) is 3.03. The summed E-state index contributed by atoms with van der Waals surface area (Å²) in [4.78, 5) is 0. The first-order valence-electron chi connectivity index (χ1n) is 13.8. The monoisotopic (exact) mass is 729 g/mol. The molecule has 0 N–H and O–H groups in total. The van der Waals surface area contributed by atoms with E-state index in [9.17, 15) is 10.2 Å². The SMILES string of the molecule is C1CCOC1.C1CCOC1.CC(C)[O-].CC(C)[O-].C[Si](C)(C)[N-][Si](C)(C)C.C[Si](C)(C)[N-][Si](C)(C)C.[Ce+3].[Li+]. The zero-order chi connectivity index (χ0) is 29.6. The van der Waals surface area contributed by atoms with E-state index in [1.807, 2.05) is 0 Å². The summed E-state index contributed by atoms with van der Waals surface area (Å²) in [6, 6.07) is 0. The maximum absolute atomic E-state index is 9.53. The minimum absolute atomic E-state index is 0. The van der Waals surface area contributed by atoms with Crippen molar-refractivity contribution in [1.29, 1.82) is 0 Å². The summed E-state index contributed by atoms with van der Waals surface area (Å²) in [6.07, 6.45) is 4.28. The van der Waals surface area contributed by atoms with Crippen LogP contribution < -0.4 is 29.1 Å². The molecule has 0 aliphatic carbocycles. The van der Waals surface area contributed by atoms with E-state index in [-0.39, 0.29) is 60.6 Å². The molecule has 0 aromatic rings. The molecular formula is C26H66CeLiN2O4Si4. The van der Waals surface area contributed by atoms with Crippen LogP contribution in [-0.2, 0) is 9.47 Å². The first-order valence-corrected chi connectivity index (χ1v) is 27.6. The molecule has 2 aliphatic rings. The summed E-state index contributed by atoms with van der Waals surface area (Å²) in [6.45, 7) is 38.0. The molecule has 0 bridgehead atoms.